The van der Waals surface area contributed by atoms with Crippen molar-refractivity contribution in [2.24, 2.45) is 0 Å². The monoisotopic (exact) mass is 336 g/mol. The van der Waals surface area contributed by atoms with Crippen LogP contribution in [0.1, 0.15) is 24.9 Å². The van der Waals surface area contributed by atoms with Gasteiger partial charge in [0.05, 0.1) is 58.4 Å². The number of ether oxygens (including phenoxy) is 2. The Kier molecular flexibility index (Phi) is 6.03. The Morgan fingerprint density at radius 2 is 1.92 bits per heavy atom. The number of carbonyl (C=O) groups is 2. The number of carboxylic acids is 1. The minimum atomic E-state index is -1.33. The number of nitrogens with zero attached hydrogens (tertiary/aromatic N) is 1. The first kappa shape index (κ1) is 18.1. The Hall–Kier alpha value is -2.28. The van der Waals surface area contributed by atoms with Crippen molar-refractivity contribution in [1.29, 1.82) is 0 Å². The summed E-state index contributed by atoms with van der Waals surface area (Å²) in [5, 5.41) is 10.5. The van der Waals surface area contributed by atoms with Gasteiger partial charge in [-0.3, -0.25) is 4.79 Å². The number of hydrogen-bond acceptors (Lipinski definition) is 5. The predicted molar refractivity (Wildman–Crippen MR) is 84.9 cm³/mol. The molecule has 1 heterocycles. The molecule has 0 bridgehead atoms. The van der Waals surface area contributed by atoms with E-state index in [1.165, 1.54) is 4.90 Å². The Balaban J connectivity index is 2.01. The summed E-state index contributed by atoms with van der Waals surface area (Å²) in [5.74, 6) is -0.171. The fraction of sp³-hybridized carbons (Fsp3) is 0.529. The lowest BCUT2D eigenvalue weighted by Gasteiger charge is -2.36. The van der Waals surface area contributed by atoms with Gasteiger partial charge in [-0.15, -0.1) is 0 Å². The summed E-state index contributed by atoms with van der Waals surface area (Å²) in [6, 6.07) is 5.98. The number of methoxy groups -OCH3 is 2. The molecule has 7 nitrogen and oxygen atoms in total. The molecule has 0 unspecified atom stereocenters. The highest BCUT2D eigenvalue weighted by Crippen LogP contribution is 2.28. The molecule has 1 amide bonds. The normalized spacial score (nSPS) is 16.5. The van der Waals surface area contributed by atoms with Crippen LogP contribution in [0.15, 0.2) is 18.2 Å². The predicted octanol–water partition coefficient (Wildman–Crippen LogP) is -1.37. The van der Waals surface area contributed by atoms with Crippen molar-refractivity contribution < 1.29 is 29.1 Å². The van der Waals surface area contributed by atoms with Crippen LogP contribution >= 0.6 is 0 Å². The summed E-state index contributed by atoms with van der Waals surface area (Å²) >= 11 is 0. The van der Waals surface area contributed by atoms with Gasteiger partial charge in [-0.05, 0) is 19.1 Å². The molecule has 2 rings (SSSR count). The van der Waals surface area contributed by atoms with Crippen molar-refractivity contribution in [3.8, 4) is 11.5 Å². The van der Waals surface area contributed by atoms with Crippen LogP contribution in [0, 0.1) is 0 Å². The van der Waals surface area contributed by atoms with E-state index in [1.54, 1.807) is 19.1 Å². The van der Waals surface area contributed by atoms with Crippen LogP contribution in [-0.2, 0) is 9.59 Å². The van der Waals surface area contributed by atoms with Crippen molar-refractivity contribution in [2.75, 3.05) is 40.4 Å². The third-order valence-corrected chi connectivity index (χ3v) is 4.57. The minimum absolute atomic E-state index is 0.198. The average molecular weight is 336 g/mol. The van der Waals surface area contributed by atoms with E-state index in [9.17, 15) is 14.7 Å². The molecule has 1 fully saturated rings. The minimum Gasteiger partial charge on any atom is -0.550 e. The van der Waals surface area contributed by atoms with Crippen molar-refractivity contribution in [3.05, 3.63) is 23.8 Å². The summed E-state index contributed by atoms with van der Waals surface area (Å²) in [6.07, 6.45) is -0.544. The Morgan fingerprint density at radius 3 is 2.46 bits per heavy atom. The third kappa shape index (κ3) is 4.17. The first-order valence-electron chi connectivity index (χ1n) is 8.00. The third-order valence-electron chi connectivity index (χ3n) is 4.57. The number of benzene rings is 1. The number of quaternary nitrogens is 1. The summed E-state index contributed by atoms with van der Waals surface area (Å²) in [7, 11) is 3.25. The van der Waals surface area contributed by atoms with Gasteiger partial charge >= 0.3 is 0 Å². The molecule has 24 heavy (non-hydrogen) atoms. The van der Waals surface area contributed by atoms with E-state index in [4.69, 9.17) is 9.47 Å². The first-order valence-corrected chi connectivity index (χ1v) is 8.00. The number of amides is 1. The molecule has 1 atom stereocenters. The molecule has 0 aromatic heterocycles. The Bertz CT molecular complexity index is 597. The molecule has 1 saturated heterocycles. The quantitative estimate of drug-likeness (QED) is 0.648. The number of carbonyl (C=O) groups excluding carboxylic acids is 2. The van der Waals surface area contributed by atoms with Crippen LogP contribution in [0.4, 0.5) is 0 Å². The zero-order valence-electron chi connectivity index (χ0n) is 14.3. The summed E-state index contributed by atoms with van der Waals surface area (Å²) in [4.78, 5) is 25.3. The van der Waals surface area contributed by atoms with Crippen LogP contribution in [0.5, 0.6) is 11.5 Å². The van der Waals surface area contributed by atoms with Crippen molar-refractivity contribution in [1.82, 2.24) is 4.90 Å². The highest BCUT2D eigenvalue weighted by Gasteiger charge is 2.29. The van der Waals surface area contributed by atoms with Crippen LogP contribution in [-0.4, -0.2) is 57.2 Å². The van der Waals surface area contributed by atoms with Gasteiger partial charge in [0.1, 0.15) is 17.5 Å². The second-order valence-electron chi connectivity index (χ2n) is 5.92. The van der Waals surface area contributed by atoms with Crippen LogP contribution in [0.3, 0.4) is 0 Å². The van der Waals surface area contributed by atoms with Gasteiger partial charge in [-0.1, -0.05) is 0 Å². The molecule has 1 aromatic rings. The SMILES string of the molecule is COc1ccc([C@@H](C)[NH+]2CCN(C(=O)CC(=O)[O-])CC2)c(OC)c1. The number of nitrogens with one attached hydrogen (secondary N) is 1. The van der Waals surface area contributed by atoms with Gasteiger partial charge in [0.15, 0.2) is 0 Å². The van der Waals surface area contributed by atoms with Crippen molar-refractivity contribution >= 4 is 11.9 Å². The van der Waals surface area contributed by atoms with E-state index in [2.05, 4.69) is 6.92 Å². The average Bonchev–Trinajstić information content (AvgIpc) is 2.60. The van der Waals surface area contributed by atoms with Gasteiger partial charge in [-0.2, -0.15) is 0 Å². The van der Waals surface area contributed by atoms with E-state index in [1.807, 2.05) is 18.2 Å². The van der Waals surface area contributed by atoms with Crippen LogP contribution in [0.25, 0.3) is 0 Å². The number of carboxylic acid groups (broad SMARTS) is 1. The molecule has 1 aliphatic rings. The zero-order chi connectivity index (χ0) is 17.7. The van der Waals surface area contributed by atoms with Gasteiger partial charge in [-0.25, -0.2) is 0 Å². The van der Waals surface area contributed by atoms with Crippen LogP contribution < -0.4 is 19.5 Å². The smallest absolute Gasteiger partial charge is 0.228 e. The molecule has 0 saturated carbocycles. The highest BCUT2D eigenvalue weighted by molar-refractivity contribution is 5.92. The molecule has 0 aliphatic carbocycles. The molecular formula is C17H24N2O5. The molecule has 132 valence electrons. The summed E-state index contributed by atoms with van der Waals surface area (Å²) < 4.78 is 10.7. The molecule has 0 spiro atoms. The lowest BCUT2D eigenvalue weighted by molar-refractivity contribution is -0.933. The lowest BCUT2D eigenvalue weighted by Crippen LogP contribution is -3.14. The molecule has 1 aromatic carbocycles. The second-order valence-corrected chi connectivity index (χ2v) is 5.92. The van der Waals surface area contributed by atoms with Gasteiger partial charge < -0.3 is 29.2 Å². The first-order chi connectivity index (χ1) is 11.5. The second kappa shape index (κ2) is 8.01. The fourth-order valence-corrected chi connectivity index (χ4v) is 3.11. The number of rotatable bonds is 6. The van der Waals surface area contributed by atoms with E-state index in [-0.39, 0.29) is 11.9 Å². The van der Waals surface area contributed by atoms with Gasteiger partial charge in [0.2, 0.25) is 5.91 Å². The molecular weight excluding hydrogens is 312 g/mol. The number of hydrogen-bond donors (Lipinski definition) is 1. The highest BCUT2D eigenvalue weighted by atomic mass is 16.5. The van der Waals surface area contributed by atoms with Crippen molar-refractivity contribution in [3.63, 3.8) is 0 Å². The lowest BCUT2D eigenvalue weighted by atomic mass is 10.0. The number of aliphatic carboxylic acids is 1. The summed E-state index contributed by atoms with van der Waals surface area (Å²) in [6.45, 7) is 4.73. The molecule has 0 radical (unpaired) electrons. The fourth-order valence-electron chi connectivity index (χ4n) is 3.11. The maximum absolute atomic E-state index is 11.8. The Labute approximate surface area is 141 Å². The van der Waals surface area contributed by atoms with E-state index in [0.717, 1.165) is 30.2 Å². The molecule has 1 aliphatic heterocycles. The summed E-state index contributed by atoms with van der Waals surface area (Å²) in [5.41, 5.74) is 1.09. The van der Waals surface area contributed by atoms with E-state index in [0.29, 0.717) is 13.1 Å². The maximum Gasteiger partial charge on any atom is 0.228 e. The topological polar surface area (TPSA) is 83.3 Å². The largest absolute Gasteiger partial charge is 0.550 e. The van der Waals surface area contributed by atoms with Crippen molar-refractivity contribution in [2.45, 2.75) is 19.4 Å². The van der Waals surface area contributed by atoms with Gasteiger partial charge in [0, 0.05) is 6.07 Å². The zero-order valence-corrected chi connectivity index (χ0v) is 14.3. The number of piperazine rings is 1. The maximum atomic E-state index is 11.8. The van der Waals surface area contributed by atoms with Gasteiger partial charge in [0.25, 0.3) is 0 Å². The standard InChI is InChI=1S/C17H24N2O5/c1-12(14-5-4-13(23-2)10-15(14)24-3)18-6-8-19(9-7-18)16(20)11-17(21)22/h4-5,10,12H,6-9,11H2,1-3H3,(H,21,22)/t12-/m1/s1. The van der Waals surface area contributed by atoms with E-state index < -0.39 is 12.4 Å². The van der Waals surface area contributed by atoms with E-state index >= 15 is 0 Å². The molecule has 1 N–H and O–H groups in total. The van der Waals surface area contributed by atoms with Crippen LogP contribution in [0.2, 0.25) is 0 Å². The molecule has 7 heteroatoms. The Morgan fingerprint density at radius 1 is 1.25 bits per heavy atom.